The van der Waals surface area contributed by atoms with E-state index in [9.17, 15) is 13.2 Å². The second kappa shape index (κ2) is 4.61. The van der Waals surface area contributed by atoms with Gasteiger partial charge in [-0.05, 0) is 23.8 Å². The fourth-order valence-electron chi connectivity index (χ4n) is 2.07. The number of hydrogen-bond donors (Lipinski definition) is 0. The van der Waals surface area contributed by atoms with Gasteiger partial charge in [0.25, 0.3) is 15.9 Å². The van der Waals surface area contributed by atoms with Crippen molar-refractivity contribution in [1.82, 2.24) is 4.31 Å². The van der Waals surface area contributed by atoms with Gasteiger partial charge in [0.2, 0.25) is 0 Å². The summed E-state index contributed by atoms with van der Waals surface area (Å²) in [4.78, 5) is 12.2. The number of carbonyl (C=O) groups excluding carboxylic acids is 1. The van der Waals surface area contributed by atoms with Crippen molar-refractivity contribution in [1.29, 1.82) is 0 Å². The second-order valence-electron chi connectivity index (χ2n) is 4.33. The van der Waals surface area contributed by atoms with E-state index in [1.807, 2.05) is 30.3 Å². The molecule has 0 fully saturated rings. The van der Waals surface area contributed by atoms with E-state index in [0.717, 1.165) is 9.87 Å². The van der Waals surface area contributed by atoms with Crippen LogP contribution in [0, 0.1) is 0 Å². The lowest BCUT2D eigenvalue weighted by Crippen LogP contribution is -2.23. The molecule has 0 radical (unpaired) electrons. The number of carbonyl (C=O) groups is 1. The Morgan fingerprint density at radius 2 is 1.55 bits per heavy atom. The van der Waals surface area contributed by atoms with E-state index in [0.29, 0.717) is 0 Å². The molecule has 0 spiro atoms. The van der Waals surface area contributed by atoms with Crippen molar-refractivity contribution in [2.75, 3.05) is 0 Å². The van der Waals surface area contributed by atoms with Crippen LogP contribution < -0.4 is 0 Å². The summed E-state index contributed by atoms with van der Waals surface area (Å²) in [6, 6.07) is 15.4. The number of sulfonamides is 1. The maximum Gasteiger partial charge on any atom is 0.273 e. The Bertz CT molecular complexity index is 795. The molecule has 0 aromatic heterocycles. The van der Waals surface area contributed by atoms with Crippen molar-refractivity contribution in [2.45, 2.75) is 4.90 Å². The van der Waals surface area contributed by atoms with Gasteiger partial charge in [-0.25, -0.2) is 12.7 Å². The van der Waals surface area contributed by atoms with Crippen LogP contribution in [0.2, 0.25) is 0 Å². The van der Waals surface area contributed by atoms with Crippen LogP contribution in [0.15, 0.2) is 65.7 Å². The van der Waals surface area contributed by atoms with Crippen molar-refractivity contribution in [3.8, 4) is 0 Å². The highest BCUT2D eigenvalue weighted by Gasteiger charge is 2.39. The Morgan fingerprint density at radius 3 is 2.25 bits per heavy atom. The summed E-state index contributed by atoms with van der Waals surface area (Å²) in [6.45, 7) is 0. The topological polar surface area (TPSA) is 54.5 Å². The molecule has 0 saturated carbocycles. The van der Waals surface area contributed by atoms with E-state index in [1.165, 1.54) is 18.3 Å². The van der Waals surface area contributed by atoms with E-state index in [2.05, 4.69) is 0 Å². The van der Waals surface area contributed by atoms with Gasteiger partial charge < -0.3 is 0 Å². The molecule has 0 aliphatic carbocycles. The van der Waals surface area contributed by atoms with Crippen LogP contribution in [0.1, 0.15) is 15.9 Å². The Hall–Kier alpha value is -2.40. The van der Waals surface area contributed by atoms with Crippen LogP contribution >= 0.6 is 0 Å². The molecule has 0 atom stereocenters. The normalized spacial score (nSPS) is 16.6. The molecule has 5 heteroatoms. The zero-order chi connectivity index (χ0) is 14.2. The maximum absolute atomic E-state index is 12.3. The number of nitrogens with zero attached hydrogens (tertiary/aromatic N) is 1. The molecule has 2 aromatic rings. The van der Waals surface area contributed by atoms with Gasteiger partial charge >= 0.3 is 0 Å². The first-order valence-electron chi connectivity index (χ1n) is 6.02. The predicted molar refractivity (Wildman–Crippen MR) is 75.3 cm³/mol. The van der Waals surface area contributed by atoms with Crippen LogP contribution in [-0.4, -0.2) is 18.6 Å². The molecule has 0 unspecified atom stereocenters. The fraction of sp³-hybridized carbons (Fsp3) is 0. The van der Waals surface area contributed by atoms with Gasteiger partial charge in [-0.2, -0.15) is 0 Å². The minimum Gasteiger partial charge on any atom is -0.268 e. The molecule has 1 aliphatic rings. The monoisotopic (exact) mass is 285 g/mol. The molecule has 0 saturated heterocycles. The number of rotatable bonds is 2. The lowest BCUT2D eigenvalue weighted by Gasteiger charge is -2.08. The quantitative estimate of drug-likeness (QED) is 0.852. The summed E-state index contributed by atoms with van der Waals surface area (Å²) in [7, 11) is -3.77. The second-order valence-corrected chi connectivity index (χ2v) is 6.11. The van der Waals surface area contributed by atoms with Crippen molar-refractivity contribution in [3.05, 3.63) is 71.9 Å². The molecule has 1 amide bonds. The largest absolute Gasteiger partial charge is 0.273 e. The van der Waals surface area contributed by atoms with Gasteiger partial charge in [0.05, 0.1) is 5.56 Å². The summed E-state index contributed by atoms with van der Waals surface area (Å²) in [5.74, 6) is -0.521. The fourth-order valence-corrected chi connectivity index (χ4v) is 3.50. The molecule has 20 heavy (non-hydrogen) atoms. The highest BCUT2D eigenvalue weighted by molar-refractivity contribution is 7.90. The van der Waals surface area contributed by atoms with Crippen LogP contribution in [0.5, 0.6) is 0 Å². The van der Waals surface area contributed by atoms with Crippen LogP contribution in [0.3, 0.4) is 0 Å². The van der Waals surface area contributed by atoms with E-state index >= 15 is 0 Å². The lowest BCUT2D eigenvalue weighted by molar-refractivity contribution is 0.0907. The third-order valence-electron chi connectivity index (χ3n) is 3.06. The maximum atomic E-state index is 12.3. The third kappa shape index (κ3) is 1.92. The first-order chi connectivity index (χ1) is 9.60. The first-order valence-corrected chi connectivity index (χ1v) is 7.46. The smallest absolute Gasteiger partial charge is 0.268 e. The van der Waals surface area contributed by atoms with Crippen molar-refractivity contribution in [2.24, 2.45) is 0 Å². The minimum atomic E-state index is -3.77. The highest BCUT2D eigenvalue weighted by atomic mass is 32.2. The number of hydrogen-bond acceptors (Lipinski definition) is 3. The molecular formula is C15H11NO3S. The van der Waals surface area contributed by atoms with E-state index in [-0.39, 0.29) is 10.5 Å². The van der Waals surface area contributed by atoms with Crippen molar-refractivity contribution < 1.29 is 13.2 Å². The summed E-state index contributed by atoms with van der Waals surface area (Å²) >= 11 is 0. The average molecular weight is 285 g/mol. The van der Waals surface area contributed by atoms with Crippen LogP contribution in [-0.2, 0) is 10.0 Å². The first kappa shape index (κ1) is 12.6. The molecule has 1 aliphatic heterocycles. The molecule has 100 valence electrons. The zero-order valence-electron chi connectivity index (χ0n) is 10.4. The molecule has 0 bridgehead atoms. The van der Waals surface area contributed by atoms with E-state index < -0.39 is 15.9 Å². The van der Waals surface area contributed by atoms with Crippen molar-refractivity contribution >= 4 is 22.0 Å². The minimum absolute atomic E-state index is 0.0581. The van der Waals surface area contributed by atoms with Gasteiger partial charge in [-0.3, -0.25) is 4.79 Å². The Labute approximate surface area is 117 Å². The highest BCUT2D eigenvalue weighted by Crippen LogP contribution is 2.30. The van der Waals surface area contributed by atoms with E-state index in [1.54, 1.807) is 18.2 Å². The van der Waals surface area contributed by atoms with Gasteiger partial charge in [-0.15, -0.1) is 0 Å². The predicted octanol–water partition coefficient (Wildman–Crippen LogP) is 2.50. The number of amides is 1. The van der Waals surface area contributed by atoms with Gasteiger partial charge in [-0.1, -0.05) is 42.5 Å². The third-order valence-corrected chi connectivity index (χ3v) is 4.77. The van der Waals surface area contributed by atoms with Crippen LogP contribution in [0.25, 0.3) is 6.08 Å². The number of fused-ring (bicyclic) bond motifs is 1. The lowest BCUT2D eigenvalue weighted by atomic mass is 10.2. The van der Waals surface area contributed by atoms with Gasteiger partial charge in [0.1, 0.15) is 4.90 Å². The summed E-state index contributed by atoms with van der Waals surface area (Å²) in [5.41, 5.74) is 1.04. The van der Waals surface area contributed by atoms with Gasteiger partial charge in [0, 0.05) is 6.20 Å². The Kier molecular flexibility index (Phi) is 2.91. The van der Waals surface area contributed by atoms with E-state index in [4.69, 9.17) is 0 Å². The molecule has 1 heterocycles. The standard InChI is InChI=1S/C15H11NO3S/c17-15-13-8-4-5-9-14(13)20(18,19)16(15)11-10-12-6-2-1-3-7-12/h1-11H/b11-10+. The molecule has 4 nitrogen and oxygen atoms in total. The van der Waals surface area contributed by atoms with Crippen LogP contribution in [0.4, 0.5) is 0 Å². The molecule has 2 aromatic carbocycles. The van der Waals surface area contributed by atoms with Gasteiger partial charge in [0.15, 0.2) is 0 Å². The average Bonchev–Trinajstić information content (AvgIpc) is 2.66. The SMILES string of the molecule is O=C1c2ccccc2S(=O)(=O)N1/C=C/c1ccccc1. The number of benzene rings is 2. The zero-order valence-corrected chi connectivity index (χ0v) is 11.2. The Morgan fingerprint density at radius 1 is 0.900 bits per heavy atom. The molecule has 0 N–H and O–H groups in total. The van der Waals surface area contributed by atoms with Crippen molar-refractivity contribution in [3.63, 3.8) is 0 Å². The summed E-state index contributed by atoms with van der Waals surface area (Å²) < 4.78 is 25.3. The Balaban J connectivity index is 2.01. The molecular weight excluding hydrogens is 274 g/mol. The summed E-state index contributed by atoms with van der Waals surface area (Å²) in [5, 5.41) is 0. The molecule has 3 rings (SSSR count). The summed E-state index contributed by atoms with van der Waals surface area (Å²) in [6.07, 6.45) is 2.90.